The van der Waals surface area contributed by atoms with Crippen molar-refractivity contribution in [2.24, 2.45) is 0 Å². The van der Waals surface area contributed by atoms with Crippen LogP contribution in [0, 0.1) is 5.82 Å². The summed E-state index contributed by atoms with van der Waals surface area (Å²) in [5.74, 6) is 0.0237. The minimum atomic E-state index is -0.353. The van der Waals surface area contributed by atoms with Gasteiger partial charge in [-0.2, -0.15) is 0 Å². The van der Waals surface area contributed by atoms with Gasteiger partial charge in [0.15, 0.2) is 0 Å². The van der Waals surface area contributed by atoms with Gasteiger partial charge in [0.05, 0.1) is 24.4 Å². The maximum atomic E-state index is 12.8. The van der Waals surface area contributed by atoms with Gasteiger partial charge < -0.3 is 15.4 Å². The number of halogens is 2. The molecule has 0 saturated carbocycles. The van der Waals surface area contributed by atoms with Crippen molar-refractivity contribution in [1.82, 2.24) is 0 Å². The van der Waals surface area contributed by atoms with Crippen LogP contribution in [0.5, 0.6) is 5.75 Å². The molecule has 0 unspecified atom stereocenters. The molecule has 1 amide bonds. The van der Waals surface area contributed by atoms with E-state index in [9.17, 15) is 9.18 Å². The van der Waals surface area contributed by atoms with E-state index in [1.165, 1.54) is 24.3 Å². The molecule has 0 aliphatic rings. The number of carbonyl (C=O) groups excluding carboxylic acids is 1. The average Bonchev–Trinajstić information content (AvgIpc) is 2.49. The van der Waals surface area contributed by atoms with Crippen LogP contribution in [0.25, 0.3) is 0 Å². The molecule has 0 saturated heterocycles. The molecule has 0 aromatic heterocycles. The third-order valence-electron chi connectivity index (χ3n) is 2.74. The van der Waals surface area contributed by atoms with Crippen molar-refractivity contribution in [3.05, 3.63) is 53.3 Å². The molecule has 0 aliphatic carbocycles. The lowest BCUT2D eigenvalue weighted by Crippen LogP contribution is -2.21. The van der Waals surface area contributed by atoms with Gasteiger partial charge in [0, 0.05) is 11.8 Å². The number of methoxy groups -OCH3 is 1. The third kappa shape index (κ3) is 4.36. The van der Waals surface area contributed by atoms with Crippen LogP contribution in [0.3, 0.4) is 0 Å². The van der Waals surface area contributed by atoms with Gasteiger partial charge in [-0.25, -0.2) is 4.39 Å². The summed E-state index contributed by atoms with van der Waals surface area (Å²) in [5.41, 5.74) is 1.13. The minimum absolute atomic E-state index is 0.0320. The highest BCUT2D eigenvalue weighted by Crippen LogP contribution is 2.26. The number of rotatable bonds is 5. The maximum absolute atomic E-state index is 12.8. The zero-order valence-corrected chi connectivity index (χ0v) is 12.1. The molecule has 0 fully saturated rings. The summed E-state index contributed by atoms with van der Waals surface area (Å²) in [6.45, 7) is 0.0320. The van der Waals surface area contributed by atoms with Gasteiger partial charge in [0.2, 0.25) is 5.91 Å². The van der Waals surface area contributed by atoms with Crippen molar-refractivity contribution in [2.75, 3.05) is 24.3 Å². The molecule has 110 valence electrons. The SMILES string of the molecule is COc1ccc(Cl)c(NCC(=O)Nc2ccc(F)cc2)c1. The molecular formula is C15H14ClFN2O2. The fraction of sp³-hybridized carbons (Fsp3) is 0.133. The highest BCUT2D eigenvalue weighted by molar-refractivity contribution is 6.33. The van der Waals surface area contributed by atoms with Gasteiger partial charge in [0.1, 0.15) is 11.6 Å². The molecule has 2 aromatic carbocycles. The Labute approximate surface area is 126 Å². The molecular weight excluding hydrogens is 295 g/mol. The normalized spacial score (nSPS) is 10.0. The molecule has 0 bridgehead atoms. The summed E-state index contributed by atoms with van der Waals surface area (Å²) >= 11 is 6.02. The fourth-order valence-electron chi connectivity index (χ4n) is 1.68. The number of carbonyl (C=O) groups is 1. The summed E-state index contributed by atoms with van der Waals surface area (Å²) in [6, 6.07) is 10.7. The lowest BCUT2D eigenvalue weighted by atomic mass is 10.3. The topological polar surface area (TPSA) is 50.4 Å². The van der Waals surface area contributed by atoms with E-state index in [0.29, 0.717) is 22.1 Å². The number of benzene rings is 2. The van der Waals surface area contributed by atoms with Crippen LogP contribution in [0.4, 0.5) is 15.8 Å². The van der Waals surface area contributed by atoms with Gasteiger partial charge in [-0.05, 0) is 36.4 Å². The second kappa shape index (κ2) is 6.95. The number of nitrogens with one attached hydrogen (secondary N) is 2. The molecule has 0 atom stereocenters. The molecule has 6 heteroatoms. The Morgan fingerprint density at radius 2 is 1.95 bits per heavy atom. The molecule has 2 rings (SSSR count). The first-order valence-electron chi connectivity index (χ1n) is 6.21. The predicted molar refractivity (Wildman–Crippen MR) is 81.5 cm³/mol. The van der Waals surface area contributed by atoms with Gasteiger partial charge in [0.25, 0.3) is 0 Å². The van der Waals surface area contributed by atoms with Crippen molar-refractivity contribution in [3.63, 3.8) is 0 Å². The Balaban J connectivity index is 1.93. The highest BCUT2D eigenvalue weighted by atomic mass is 35.5. The third-order valence-corrected chi connectivity index (χ3v) is 3.07. The number of hydrogen-bond donors (Lipinski definition) is 2. The van der Waals surface area contributed by atoms with Crippen LogP contribution >= 0.6 is 11.6 Å². The van der Waals surface area contributed by atoms with Crippen molar-refractivity contribution < 1.29 is 13.9 Å². The second-order valence-electron chi connectivity index (χ2n) is 4.25. The molecule has 4 nitrogen and oxygen atoms in total. The van der Waals surface area contributed by atoms with Gasteiger partial charge in [-0.3, -0.25) is 4.79 Å². The first-order valence-corrected chi connectivity index (χ1v) is 6.59. The standard InChI is InChI=1S/C15H14ClFN2O2/c1-21-12-6-7-13(16)14(8-12)18-9-15(20)19-11-4-2-10(17)3-5-11/h2-8,18H,9H2,1H3,(H,19,20). The van der Waals surface area contributed by atoms with E-state index in [4.69, 9.17) is 16.3 Å². The predicted octanol–water partition coefficient (Wildman–Crippen LogP) is 3.54. The maximum Gasteiger partial charge on any atom is 0.243 e. The first kappa shape index (κ1) is 15.1. The van der Waals surface area contributed by atoms with E-state index in [1.807, 2.05) is 0 Å². The summed E-state index contributed by atoms with van der Waals surface area (Å²) in [4.78, 5) is 11.8. The zero-order valence-electron chi connectivity index (χ0n) is 11.3. The van der Waals surface area contributed by atoms with E-state index in [0.717, 1.165) is 0 Å². The monoisotopic (exact) mass is 308 g/mol. The Hall–Kier alpha value is -2.27. The fourth-order valence-corrected chi connectivity index (χ4v) is 1.87. The smallest absolute Gasteiger partial charge is 0.243 e. The number of amides is 1. The molecule has 2 aromatic rings. The number of anilines is 2. The minimum Gasteiger partial charge on any atom is -0.497 e. The van der Waals surface area contributed by atoms with Crippen LogP contribution in [0.15, 0.2) is 42.5 Å². The molecule has 0 aliphatic heterocycles. The van der Waals surface area contributed by atoms with E-state index in [-0.39, 0.29) is 18.3 Å². The molecule has 2 N–H and O–H groups in total. The number of hydrogen-bond acceptors (Lipinski definition) is 3. The van der Waals surface area contributed by atoms with Crippen LogP contribution in [-0.4, -0.2) is 19.6 Å². The van der Waals surface area contributed by atoms with Crippen molar-refractivity contribution in [1.29, 1.82) is 0 Å². The Kier molecular flexibility index (Phi) is 5.00. The van der Waals surface area contributed by atoms with E-state index in [2.05, 4.69) is 10.6 Å². The average molecular weight is 309 g/mol. The van der Waals surface area contributed by atoms with Crippen molar-refractivity contribution in [3.8, 4) is 5.75 Å². The highest BCUT2D eigenvalue weighted by Gasteiger charge is 2.06. The Morgan fingerprint density at radius 1 is 1.24 bits per heavy atom. The van der Waals surface area contributed by atoms with Gasteiger partial charge in [-0.15, -0.1) is 0 Å². The Bertz CT molecular complexity index is 632. The van der Waals surface area contributed by atoms with Gasteiger partial charge in [-0.1, -0.05) is 11.6 Å². The summed E-state index contributed by atoms with van der Waals surface area (Å²) in [6.07, 6.45) is 0. The quantitative estimate of drug-likeness (QED) is 0.888. The van der Waals surface area contributed by atoms with Crippen LogP contribution in [0.2, 0.25) is 5.02 Å². The molecule has 0 spiro atoms. The van der Waals surface area contributed by atoms with Gasteiger partial charge >= 0.3 is 0 Å². The summed E-state index contributed by atoms with van der Waals surface area (Å²) < 4.78 is 17.8. The molecule has 0 radical (unpaired) electrons. The summed E-state index contributed by atoms with van der Waals surface area (Å²) in [5, 5.41) is 6.06. The van der Waals surface area contributed by atoms with Crippen molar-refractivity contribution in [2.45, 2.75) is 0 Å². The second-order valence-corrected chi connectivity index (χ2v) is 4.66. The summed E-state index contributed by atoms with van der Waals surface area (Å²) in [7, 11) is 1.55. The zero-order chi connectivity index (χ0) is 15.2. The van der Waals surface area contributed by atoms with Crippen LogP contribution < -0.4 is 15.4 Å². The van der Waals surface area contributed by atoms with Crippen molar-refractivity contribution >= 4 is 28.9 Å². The van der Waals surface area contributed by atoms with E-state index >= 15 is 0 Å². The van der Waals surface area contributed by atoms with E-state index < -0.39 is 0 Å². The Morgan fingerprint density at radius 3 is 2.62 bits per heavy atom. The molecule has 21 heavy (non-hydrogen) atoms. The first-order chi connectivity index (χ1) is 10.1. The largest absolute Gasteiger partial charge is 0.497 e. The van der Waals surface area contributed by atoms with E-state index in [1.54, 1.807) is 25.3 Å². The lowest BCUT2D eigenvalue weighted by Gasteiger charge is -2.10. The van der Waals surface area contributed by atoms with Crippen LogP contribution in [-0.2, 0) is 4.79 Å². The van der Waals surface area contributed by atoms with Crippen LogP contribution in [0.1, 0.15) is 0 Å². The molecule has 0 heterocycles. The number of ether oxygens (including phenoxy) is 1. The lowest BCUT2D eigenvalue weighted by molar-refractivity contribution is -0.114.